The van der Waals surface area contributed by atoms with E-state index in [1.165, 1.54) is 45.0 Å². The van der Waals surface area contributed by atoms with Gasteiger partial charge in [0.15, 0.2) is 0 Å². The zero-order valence-corrected chi connectivity index (χ0v) is 21.4. The Labute approximate surface area is 205 Å². The summed E-state index contributed by atoms with van der Waals surface area (Å²) in [6.45, 7) is 9.34. The molecule has 170 valence electrons. The summed E-state index contributed by atoms with van der Waals surface area (Å²) in [7, 11) is -0.584. The van der Waals surface area contributed by atoms with E-state index in [0.29, 0.717) is 22.9 Å². The molecule has 4 aromatic rings. The number of aromatic nitrogens is 1. The molecule has 1 nitrogen and oxygen atoms in total. The molecule has 3 aromatic carbocycles. The van der Waals surface area contributed by atoms with Crippen LogP contribution in [0.2, 0.25) is 0 Å². The fourth-order valence-electron chi connectivity index (χ4n) is 6.18. The van der Waals surface area contributed by atoms with Crippen molar-refractivity contribution in [3.63, 3.8) is 0 Å². The van der Waals surface area contributed by atoms with Crippen molar-refractivity contribution < 1.29 is 0 Å². The lowest BCUT2D eigenvalue weighted by atomic mass is 9.48. The number of rotatable bonds is 4. The highest BCUT2D eigenvalue weighted by molar-refractivity contribution is 7.73. The van der Waals surface area contributed by atoms with E-state index in [9.17, 15) is 0 Å². The summed E-state index contributed by atoms with van der Waals surface area (Å²) in [5.74, 6) is 1.27. The lowest BCUT2D eigenvalue weighted by molar-refractivity contribution is 0.0134. The zero-order chi connectivity index (χ0) is 23.4. The Morgan fingerprint density at radius 3 is 1.88 bits per heavy atom. The van der Waals surface area contributed by atoms with Crippen LogP contribution in [0.1, 0.15) is 54.2 Å². The van der Waals surface area contributed by atoms with Crippen LogP contribution in [-0.2, 0) is 0 Å². The van der Waals surface area contributed by atoms with E-state index in [0.717, 1.165) is 5.69 Å². The minimum Gasteiger partial charge on any atom is -0.252 e. The van der Waals surface area contributed by atoms with Gasteiger partial charge in [0.2, 0.25) is 0 Å². The SMILES string of the molecule is Cc1ccc(P(c2ccc(C)cc2)[C@@H]2c3nc(-c4ccccc4)ccc3[C@@H]3C[C@H]2C3(C)C)cc1. The predicted octanol–water partition coefficient (Wildman–Crippen LogP) is 7.68. The highest BCUT2D eigenvalue weighted by Crippen LogP contribution is 2.73. The van der Waals surface area contributed by atoms with Crippen LogP contribution in [-0.4, -0.2) is 4.98 Å². The summed E-state index contributed by atoms with van der Waals surface area (Å²) in [6.07, 6.45) is 1.29. The molecule has 34 heavy (non-hydrogen) atoms. The molecule has 0 aliphatic heterocycles. The third kappa shape index (κ3) is 3.45. The molecular formula is C32H32NP. The van der Waals surface area contributed by atoms with E-state index >= 15 is 0 Å². The summed E-state index contributed by atoms with van der Waals surface area (Å²) in [6, 6.07) is 33.9. The Bertz CT molecular complexity index is 1280. The molecule has 3 atom stereocenters. The first-order valence-corrected chi connectivity index (χ1v) is 13.8. The summed E-state index contributed by atoms with van der Waals surface area (Å²) >= 11 is 0. The molecule has 0 unspecified atom stereocenters. The first kappa shape index (κ1) is 21.8. The molecule has 1 aromatic heterocycles. The quantitative estimate of drug-likeness (QED) is 0.284. The van der Waals surface area contributed by atoms with Gasteiger partial charge in [-0.3, -0.25) is 4.98 Å². The van der Waals surface area contributed by atoms with E-state index in [2.05, 4.69) is 119 Å². The fourth-order valence-corrected chi connectivity index (χ4v) is 9.38. The maximum atomic E-state index is 5.43. The number of nitrogens with zero attached hydrogens (tertiary/aromatic N) is 1. The third-order valence-electron chi connectivity index (χ3n) is 8.31. The molecule has 2 bridgehead atoms. The maximum absolute atomic E-state index is 5.43. The van der Waals surface area contributed by atoms with Gasteiger partial charge in [0, 0.05) is 11.2 Å². The van der Waals surface area contributed by atoms with Gasteiger partial charge in [0.05, 0.1) is 11.4 Å². The van der Waals surface area contributed by atoms with Gasteiger partial charge < -0.3 is 0 Å². The summed E-state index contributed by atoms with van der Waals surface area (Å²) in [5.41, 5.74) is 8.53. The van der Waals surface area contributed by atoms with Gasteiger partial charge in [-0.2, -0.15) is 0 Å². The number of pyridine rings is 1. The molecule has 0 spiro atoms. The van der Waals surface area contributed by atoms with Crippen molar-refractivity contribution in [2.24, 2.45) is 11.3 Å². The van der Waals surface area contributed by atoms with Crippen molar-refractivity contribution >= 4 is 18.5 Å². The van der Waals surface area contributed by atoms with Gasteiger partial charge in [-0.15, -0.1) is 0 Å². The van der Waals surface area contributed by atoms with E-state index < -0.39 is 7.92 Å². The van der Waals surface area contributed by atoms with E-state index in [1.807, 2.05) is 0 Å². The minimum atomic E-state index is -0.584. The molecule has 3 aliphatic rings. The molecule has 1 fully saturated rings. The standard InChI is InChI=1S/C32H32NP/c1-21-10-14-24(15-11-21)34(25-16-12-22(2)13-17-25)31-28-20-27(32(28,3)4)26-18-19-29(33-30(26)31)23-8-6-5-7-9-23/h5-19,27-28,31H,20H2,1-4H3/t27-,28+,31-/m0/s1. The topological polar surface area (TPSA) is 12.9 Å². The van der Waals surface area contributed by atoms with Crippen LogP contribution in [0.5, 0.6) is 0 Å². The van der Waals surface area contributed by atoms with Crippen molar-refractivity contribution in [3.05, 3.63) is 113 Å². The van der Waals surface area contributed by atoms with E-state index in [-0.39, 0.29) is 0 Å². The number of aryl methyl sites for hydroxylation is 2. The molecule has 0 radical (unpaired) electrons. The molecule has 7 rings (SSSR count). The van der Waals surface area contributed by atoms with Crippen LogP contribution >= 0.6 is 7.92 Å². The van der Waals surface area contributed by atoms with Crippen LogP contribution in [0.3, 0.4) is 0 Å². The number of hydrogen-bond acceptors (Lipinski definition) is 1. The zero-order valence-electron chi connectivity index (χ0n) is 20.5. The Balaban J connectivity index is 1.56. The van der Waals surface area contributed by atoms with Gasteiger partial charge in [-0.25, -0.2) is 0 Å². The van der Waals surface area contributed by atoms with E-state index in [1.54, 1.807) is 0 Å². The average Bonchev–Trinajstić information content (AvgIpc) is 2.86. The minimum absolute atomic E-state index is 0.309. The van der Waals surface area contributed by atoms with Crippen LogP contribution in [0, 0.1) is 25.2 Å². The first-order chi connectivity index (χ1) is 16.4. The highest BCUT2D eigenvalue weighted by Gasteiger charge is 2.59. The second-order valence-electron chi connectivity index (χ2n) is 10.7. The monoisotopic (exact) mass is 461 g/mol. The number of benzene rings is 3. The van der Waals surface area contributed by atoms with Gasteiger partial charge in [-0.1, -0.05) is 110 Å². The lowest BCUT2D eigenvalue weighted by Gasteiger charge is -2.61. The van der Waals surface area contributed by atoms with Gasteiger partial charge in [0.1, 0.15) is 0 Å². The van der Waals surface area contributed by atoms with Crippen molar-refractivity contribution in [1.82, 2.24) is 4.98 Å². The molecular weight excluding hydrogens is 429 g/mol. The van der Waals surface area contributed by atoms with Crippen LogP contribution in [0.25, 0.3) is 11.3 Å². The fraction of sp³-hybridized carbons (Fsp3) is 0.281. The number of hydrogen-bond donors (Lipinski definition) is 0. The van der Waals surface area contributed by atoms with Crippen molar-refractivity contribution in [2.45, 2.75) is 45.7 Å². The van der Waals surface area contributed by atoms with Crippen LogP contribution in [0.15, 0.2) is 91.0 Å². The largest absolute Gasteiger partial charge is 0.252 e. The summed E-state index contributed by atoms with van der Waals surface area (Å²) in [4.78, 5) is 5.43. The van der Waals surface area contributed by atoms with Gasteiger partial charge >= 0.3 is 0 Å². The van der Waals surface area contributed by atoms with Crippen molar-refractivity contribution in [3.8, 4) is 11.3 Å². The average molecular weight is 462 g/mol. The second-order valence-corrected chi connectivity index (χ2v) is 13.1. The molecule has 2 heteroatoms. The van der Waals surface area contributed by atoms with Gasteiger partial charge in [-0.05, 0) is 67.7 Å². The molecule has 0 saturated heterocycles. The van der Waals surface area contributed by atoms with Crippen molar-refractivity contribution in [1.29, 1.82) is 0 Å². The normalized spacial score (nSPS) is 22.2. The van der Waals surface area contributed by atoms with Crippen molar-refractivity contribution in [2.75, 3.05) is 0 Å². The summed E-state index contributed by atoms with van der Waals surface area (Å²) < 4.78 is 0. The van der Waals surface area contributed by atoms with E-state index in [4.69, 9.17) is 4.98 Å². The summed E-state index contributed by atoms with van der Waals surface area (Å²) in [5, 5.41) is 2.93. The first-order valence-electron chi connectivity index (χ1n) is 12.4. The smallest absolute Gasteiger partial charge is 0.0705 e. The van der Waals surface area contributed by atoms with Crippen LogP contribution < -0.4 is 10.6 Å². The Morgan fingerprint density at radius 1 is 0.735 bits per heavy atom. The molecule has 0 N–H and O–H groups in total. The third-order valence-corrected chi connectivity index (χ3v) is 11.2. The molecule has 0 amide bonds. The van der Waals surface area contributed by atoms with Gasteiger partial charge in [0.25, 0.3) is 0 Å². The lowest BCUT2D eigenvalue weighted by Crippen LogP contribution is -2.51. The molecule has 1 heterocycles. The Kier molecular flexibility index (Phi) is 5.23. The Morgan fingerprint density at radius 2 is 1.32 bits per heavy atom. The Hall–Kier alpha value is -2.76. The highest BCUT2D eigenvalue weighted by atomic mass is 31.1. The second kappa shape index (κ2) is 8.17. The molecule has 1 saturated carbocycles. The maximum Gasteiger partial charge on any atom is 0.0705 e. The predicted molar refractivity (Wildman–Crippen MR) is 146 cm³/mol. The molecule has 3 aliphatic carbocycles. The van der Waals surface area contributed by atoms with Crippen LogP contribution in [0.4, 0.5) is 0 Å².